The molecular weight excluding hydrogens is 200 g/mol. The number of hydrogen-bond acceptors (Lipinski definition) is 4. The topological polar surface area (TPSA) is 43.2 Å². The Morgan fingerprint density at radius 3 is 3.00 bits per heavy atom. The zero-order valence-corrected chi connectivity index (χ0v) is 9.56. The fourth-order valence-electron chi connectivity index (χ4n) is 2.02. The molecule has 0 saturated carbocycles. The van der Waals surface area contributed by atoms with Crippen molar-refractivity contribution in [3.05, 3.63) is 24.0 Å². The molecule has 0 aromatic carbocycles. The van der Waals surface area contributed by atoms with E-state index < -0.39 is 0 Å². The molecule has 0 amide bonds. The summed E-state index contributed by atoms with van der Waals surface area (Å²) in [6.07, 6.45) is 4.60. The van der Waals surface area contributed by atoms with Gasteiger partial charge in [-0.15, -0.1) is 0 Å². The first-order chi connectivity index (χ1) is 7.81. The van der Waals surface area contributed by atoms with Gasteiger partial charge in [-0.3, -0.25) is 4.98 Å². The average Bonchev–Trinajstić information content (AvgIpc) is 2.54. The van der Waals surface area contributed by atoms with E-state index in [2.05, 4.69) is 27.9 Å². The first-order valence-corrected chi connectivity index (χ1v) is 5.59. The van der Waals surface area contributed by atoms with Crippen LogP contribution in [0.4, 0.5) is 5.69 Å². The first kappa shape index (κ1) is 10.9. The van der Waals surface area contributed by atoms with Gasteiger partial charge in [0.15, 0.2) is 0 Å². The summed E-state index contributed by atoms with van der Waals surface area (Å²) in [6, 6.07) is 4.01. The number of likely N-dealkylation sites (N-methyl/N-ethyl adjacent to an activating group) is 1. The number of aromatic nitrogens is 1. The van der Waals surface area contributed by atoms with Gasteiger partial charge in [0, 0.05) is 25.8 Å². The molecule has 4 heteroatoms. The monoisotopic (exact) mass is 216 g/mol. The molecule has 0 N–H and O–H groups in total. The molecule has 1 aromatic heterocycles. The molecule has 2 heterocycles. The number of pyridine rings is 1. The number of rotatable bonds is 1. The fraction of sp³-hybridized carbons (Fsp3) is 0.500. The van der Waals surface area contributed by atoms with Crippen molar-refractivity contribution in [2.75, 3.05) is 38.1 Å². The highest BCUT2D eigenvalue weighted by Crippen LogP contribution is 2.19. The van der Waals surface area contributed by atoms with Crippen LogP contribution in [0.3, 0.4) is 0 Å². The fourth-order valence-corrected chi connectivity index (χ4v) is 2.02. The average molecular weight is 216 g/mol. The molecule has 84 valence electrons. The van der Waals surface area contributed by atoms with Crippen LogP contribution in [0.5, 0.6) is 0 Å². The van der Waals surface area contributed by atoms with E-state index in [-0.39, 0.29) is 0 Å². The van der Waals surface area contributed by atoms with Crippen molar-refractivity contribution in [1.29, 1.82) is 5.26 Å². The van der Waals surface area contributed by atoms with E-state index in [1.54, 1.807) is 18.5 Å². The highest BCUT2D eigenvalue weighted by atomic mass is 15.2. The van der Waals surface area contributed by atoms with Crippen molar-refractivity contribution in [3.8, 4) is 6.07 Å². The summed E-state index contributed by atoms with van der Waals surface area (Å²) in [5.41, 5.74) is 1.69. The standard InChI is InChI=1S/C12H16N4/c1-15-5-2-6-16(8-7-15)12-10-14-4-3-11(12)9-13/h3-4,10H,2,5-8H2,1H3. The van der Waals surface area contributed by atoms with E-state index in [9.17, 15) is 0 Å². The SMILES string of the molecule is CN1CCCN(c2cnccc2C#N)CC1. The second kappa shape index (κ2) is 4.95. The van der Waals surface area contributed by atoms with E-state index >= 15 is 0 Å². The molecule has 0 unspecified atom stereocenters. The first-order valence-electron chi connectivity index (χ1n) is 5.59. The molecule has 1 fully saturated rings. The van der Waals surface area contributed by atoms with Crippen LogP contribution in [0.15, 0.2) is 18.5 Å². The van der Waals surface area contributed by atoms with Gasteiger partial charge in [-0.1, -0.05) is 0 Å². The Hall–Kier alpha value is -1.60. The summed E-state index contributed by atoms with van der Waals surface area (Å²) in [7, 11) is 2.14. The summed E-state index contributed by atoms with van der Waals surface area (Å²) < 4.78 is 0. The molecule has 0 aliphatic carbocycles. The van der Waals surface area contributed by atoms with E-state index in [1.165, 1.54) is 0 Å². The third kappa shape index (κ3) is 2.31. The maximum absolute atomic E-state index is 9.06. The Labute approximate surface area is 96.1 Å². The van der Waals surface area contributed by atoms with Gasteiger partial charge in [0.1, 0.15) is 6.07 Å². The Bertz CT molecular complexity index is 396. The van der Waals surface area contributed by atoms with Crippen molar-refractivity contribution in [3.63, 3.8) is 0 Å². The smallest absolute Gasteiger partial charge is 0.101 e. The molecule has 1 aliphatic rings. The van der Waals surface area contributed by atoms with Crippen LogP contribution < -0.4 is 4.90 Å². The second-order valence-corrected chi connectivity index (χ2v) is 4.15. The Balaban J connectivity index is 2.20. The molecule has 2 rings (SSSR count). The third-order valence-corrected chi connectivity index (χ3v) is 2.98. The van der Waals surface area contributed by atoms with E-state index in [4.69, 9.17) is 5.26 Å². The maximum Gasteiger partial charge on any atom is 0.101 e. The van der Waals surface area contributed by atoms with E-state index in [0.717, 1.165) is 43.9 Å². The number of nitriles is 1. The molecule has 0 radical (unpaired) electrons. The van der Waals surface area contributed by atoms with Gasteiger partial charge in [-0.05, 0) is 26.1 Å². The van der Waals surface area contributed by atoms with Gasteiger partial charge in [-0.2, -0.15) is 5.26 Å². The van der Waals surface area contributed by atoms with Gasteiger partial charge in [0.05, 0.1) is 17.4 Å². The Morgan fingerprint density at radius 2 is 2.19 bits per heavy atom. The van der Waals surface area contributed by atoms with Gasteiger partial charge < -0.3 is 9.80 Å². The molecule has 0 atom stereocenters. The van der Waals surface area contributed by atoms with Gasteiger partial charge in [0.2, 0.25) is 0 Å². The molecule has 1 aromatic rings. The van der Waals surface area contributed by atoms with Crippen molar-refractivity contribution in [2.45, 2.75) is 6.42 Å². The lowest BCUT2D eigenvalue weighted by molar-refractivity contribution is 0.360. The van der Waals surface area contributed by atoms with Crippen LogP contribution in [-0.4, -0.2) is 43.1 Å². The van der Waals surface area contributed by atoms with Gasteiger partial charge in [0.25, 0.3) is 0 Å². The van der Waals surface area contributed by atoms with Crippen LogP contribution in [0.25, 0.3) is 0 Å². The number of nitrogens with zero attached hydrogens (tertiary/aromatic N) is 4. The van der Waals surface area contributed by atoms with Crippen molar-refractivity contribution in [2.24, 2.45) is 0 Å². The van der Waals surface area contributed by atoms with Crippen molar-refractivity contribution < 1.29 is 0 Å². The minimum absolute atomic E-state index is 0.722. The number of hydrogen-bond donors (Lipinski definition) is 0. The Morgan fingerprint density at radius 1 is 1.31 bits per heavy atom. The highest BCUT2D eigenvalue weighted by Gasteiger charge is 2.15. The predicted octanol–water partition coefficient (Wildman–Crippen LogP) is 1.10. The predicted molar refractivity (Wildman–Crippen MR) is 63.3 cm³/mol. The molecular formula is C12H16N4. The zero-order chi connectivity index (χ0) is 11.4. The minimum atomic E-state index is 0.722. The van der Waals surface area contributed by atoms with Crippen LogP contribution in [0, 0.1) is 11.3 Å². The molecule has 0 spiro atoms. The zero-order valence-electron chi connectivity index (χ0n) is 9.56. The Kier molecular flexibility index (Phi) is 3.37. The van der Waals surface area contributed by atoms with Crippen molar-refractivity contribution in [1.82, 2.24) is 9.88 Å². The van der Waals surface area contributed by atoms with E-state index in [0.29, 0.717) is 0 Å². The van der Waals surface area contributed by atoms with Crippen LogP contribution in [0.2, 0.25) is 0 Å². The maximum atomic E-state index is 9.06. The molecule has 16 heavy (non-hydrogen) atoms. The minimum Gasteiger partial charge on any atom is -0.368 e. The molecule has 1 saturated heterocycles. The summed E-state index contributed by atoms with van der Waals surface area (Å²) in [5, 5.41) is 9.06. The normalized spacial score (nSPS) is 17.9. The van der Waals surface area contributed by atoms with Crippen LogP contribution in [0.1, 0.15) is 12.0 Å². The molecule has 4 nitrogen and oxygen atoms in total. The third-order valence-electron chi connectivity index (χ3n) is 2.98. The van der Waals surface area contributed by atoms with Crippen molar-refractivity contribution >= 4 is 5.69 Å². The van der Waals surface area contributed by atoms with E-state index in [1.807, 2.05) is 0 Å². The van der Waals surface area contributed by atoms with Gasteiger partial charge >= 0.3 is 0 Å². The largest absolute Gasteiger partial charge is 0.368 e. The van der Waals surface area contributed by atoms with Gasteiger partial charge in [-0.25, -0.2) is 0 Å². The lowest BCUT2D eigenvalue weighted by atomic mass is 10.2. The summed E-state index contributed by atoms with van der Waals surface area (Å²) >= 11 is 0. The lowest BCUT2D eigenvalue weighted by Crippen LogP contribution is -2.29. The summed E-state index contributed by atoms with van der Waals surface area (Å²) in [5.74, 6) is 0. The number of anilines is 1. The second-order valence-electron chi connectivity index (χ2n) is 4.15. The van der Waals surface area contributed by atoms with Crippen LogP contribution >= 0.6 is 0 Å². The quantitative estimate of drug-likeness (QED) is 0.705. The summed E-state index contributed by atoms with van der Waals surface area (Å²) in [4.78, 5) is 8.69. The molecule has 0 bridgehead atoms. The summed E-state index contributed by atoms with van der Waals surface area (Å²) in [6.45, 7) is 4.14. The molecule has 1 aliphatic heterocycles. The van der Waals surface area contributed by atoms with Crippen LogP contribution in [-0.2, 0) is 0 Å². The lowest BCUT2D eigenvalue weighted by Gasteiger charge is -2.23. The highest BCUT2D eigenvalue weighted by molar-refractivity contribution is 5.57.